The summed E-state index contributed by atoms with van der Waals surface area (Å²) in [5.41, 5.74) is 7.03. The number of carbonyl (C=O) groups excluding carboxylic acids is 1. The fourth-order valence-electron chi connectivity index (χ4n) is 1.69. The van der Waals surface area contributed by atoms with Crippen molar-refractivity contribution < 1.29 is 17.9 Å². The van der Waals surface area contributed by atoms with Crippen LogP contribution in [0.1, 0.15) is 18.9 Å². The largest absolute Gasteiger partial charge is 0.468 e. The number of carbonyl (C=O) groups is 1. The third-order valence-corrected chi connectivity index (χ3v) is 4.43. The smallest absolute Gasteiger partial charge is 0.322 e. The highest BCUT2D eigenvalue weighted by molar-refractivity contribution is 7.89. The van der Waals surface area contributed by atoms with E-state index in [1.54, 1.807) is 24.3 Å². The molecule has 112 valence electrons. The molecule has 0 aromatic heterocycles. The average Bonchev–Trinajstić information content (AvgIpc) is 2.40. The molecule has 0 aliphatic rings. The molecule has 6 nitrogen and oxygen atoms in total. The fourth-order valence-corrected chi connectivity index (χ4v) is 3.10. The first-order chi connectivity index (χ1) is 9.39. The first-order valence-corrected chi connectivity index (χ1v) is 7.89. The highest BCUT2D eigenvalue weighted by Gasteiger charge is 2.25. The Kier molecular flexibility index (Phi) is 5.97. The summed E-state index contributed by atoms with van der Waals surface area (Å²) in [5.74, 6) is -1.40. The molecule has 0 radical (unpaired) electrons. The van der Waals surface area contributed by atoms with Crippen molar-refractivity contribution in [2.45, 2.75) is 19.9 Å². The number of nitrogen functional groups attached to an aromatic ring is 1. The highest BCUT2D eigenvalue weighted by atomic mass is 32.2. The minimum Gasteiger partial charge on any atom is -0.468 e. The Hall–Kier alpha value is -1.60. The molecule has 0 heterocycles. The molecule has 0 spiro atoms. The minimum atomic E-state index is -3.68. The van der Waals surface area contributed by atoms with Crippen LogP contribution in [0, 0.1) is 0 Å². The summed E-state index contributed by atoms with van der Waals surface area (Å²) < 4.78 is 30.0. The minimum absolute atomic E-state index is 0.216. The van der Waals surface area contributed by atoms with Gasteiger partial charge in [0.15, 0.2) is 5.75 Å². The van der Waals surface area contributed by atoms with Crippen molar-refractivity contribution in [3.63, 3.8) is 0 Å². The maximum absolute atomic E-state index is 12.2. The van der Waals surface area contributed by atoms with Gasteiger partial charge in [-0.25, -0.2) is 8.42 Å². The summed E-state index contributed by atoms with van der Waals surface area (Å²) in [6.45, 7) is 2.45. The van der Waals surface area contributed by atoms with Gasteiger partial charge in [0.2, 0.25) is 10.0 Å². The Bertz CT molecular complexity index is 540. The molecule has 0 fully saturated rings. The van der Waals surface area contributed by atoms with Crippen molar-refractivity contribution in [1.82, 2.24) is 4.31 Å². The topological polar surface area (TPSA) is 89.7 Å². The molecular formula is C13H20N2O4S. The number of benzene rings is 1. The third kappa shape index (κ3) is 4.82. The van der Waals surface area contributed by atoms with Crippen LogP contribution in [-0.4, -0.2) is 38.1 Å². The van der Waals surface area contributed by atoms with E-state index in [-0.39, 0.29) is 6.54 Å². The van der Waals surface area contributed by atoms with Crippen LogP contribution < -0.4 is 5.73 Å². The second-order valence-corrected chi connectivity index (χ2v) is 6.38. The molecule has 2 N–H and O–H groups in total. The van der Waals surface area contributed by atoms with Crippen LogP contribution in [0.15, 0.2) is 24.3 Å². The lowest BCUT2D eigenvalue weighted by atomic mass is 10.2. The Balaban J connectivity index is 2.87. The van der Waals surface area contributed by atoms with Crippen LogP contribution in [0.25, 0.3) is 0 Å². The molecule has 20 heavy (non-hydrogen) atoms. The van der Waals surface area contributed by atoms with Gasteiger partial charge in [-0.05, 0) is 24.1 Å². The summed E-state index contributed by atoms with van der Waals surface area (Å²) in [4.78, 5) is 11.2. The van der Waals surface area contributed by atoms with E-state index in [9.17, 15) is 13.2 Å². The summed E-state index contributed by atoms with van der Waals surface area (Å²) in [5, 5.41) is 0. The van der Waals surface area contributed by atoms with E-state index in [0.717, 1.165) is 5.56 Å². The van der Waals surface area contributed by atoms with Gasteiger partial charge >= 0.3 is 5.97 Å². The summed E-state index contributed by atoms with van der Waals surface area (Å²) in [6.07, 6.45) is 0.662. The summed E-state index contributed by atoms with van der Waals surface area (Å²) >= 11 is 0. The molecule has 0 unspecified atom stereocenters. The SMILES string of the molecule is CCCN(Cc1ccc(N)cc1)S(=O)(=O)CC(=O)OC. The standard InChI is InChI=1S/C13H20N2O4S/c1-3-8-15(20(17,18)10-13(16)19-2)9-11-4-6-12(14)7-5-11/h4-7H,3,8-10,14H2,1-2H3. The van der Waals surface area contributed by atoms with Crippen molar-refractivity contribution in [2.24, 2.45) is 0 Å². The molecule has 1 aromatic rings. The maximum Gasteiger partial charge on any atom is 0.322 e. The highest BCUT2D eigenvalue weighted by Crippen LogP contribution is 2.13. The molecule has 0 saturated carbocycles. The lowest BCUT2D eigenvalue weighted by Crippen LogP contribution is -2.36. The number of ether oxygens (including phenoxy) is 1. The Labute approximate surface area is 119 Å². The lowest BCUT2D eigenvalue weighted by molar-refractivity contribution is -0.137. The van der Waals surface area contributed by atoms with E-state index in [1.165, 1.54) is 11.4 Å². The molecule has 0 atom stereocenters. The van der Waals surface area contributed by atoms with Gasteiger partial charge in [-0.3, -0.25) is 4.79 Å². The molecule has 1 rings (SSSR count). The monoisotopic (exact) mass is 300 g/mol. The van der Waals surface area contributed by atoms with Crippen molar-refractivity contribution in [3.05, 3.63) is 29.8 Å². The predicted molar refractivity (Wildman–Crippen MR) is 77.4 cm³/mol. The molecule has 7 heteroatoms. The van der Waals surface area contributed by atoms with E-state index < -0.39 is 21.7 Å². The van der Waals surface area contributed by atoms with E-state index in [0.29, 0.717) is 18.7 Å². The van der Waals surface area contributed by atoms with Crippen LogP contribution >= 0.6 is 0 Å². The quantitative estimate of drug-likeness (QED) is 0.599. The zero-order valence-electron chi connectivity index (χ0n) is 11.7. The van der Waals surface area contributed by atoms with Gasteiger partial charge in [-0.2, -0.15) is 4.31 Å². The summed E-state index contributed by atoms with van der Waals surface area (Å²) in [7, 11) is -2.51. The van der Waals surface area contributed by atoms with Gasteiger partial charge in [0.1, 0.15) is 0 Å². The Morgan fingerprint density at radius 2 is 1.90 bits per heavy atom. The van der Waals surface area contributed by atoms with Crippen LogP contribution in [0.4, 0.5) is 5.69 Å². The zero-order chi connectivity index (χ0) is 15.2. The number of anilines is 1. The number of nitrogens with two attached hydrogens (primary N) is 1. The Morgan fingerprint density at radius 1 is 1.30 bits per heavy atom. The van der Waals surface area contributed by atoms with Crippen LogP contribution in [0.3, 0.4) is 0 Å². The number of sulfonamides is 1. The molecule has 0 saturated heterocycles. The number of methoxy groups -OCH3 is 1. The number of hydrogen-bond acceptors (Lipinski definition) is 5. The molecule has 1 aromatic carbocycles. The van der Waals surface area contributed by atoms with Crippen LogP contribution in [0.2, 0.25) is 0 Å². The van der Waals surface area contributed by atoms with E-state index >= 15 is 0 Å². The normalized spacial score (nSPS) is 11.6. The maximum atomic E-state index is 12.2. The second-order valence-electron chi connectivity index (χ2n) is 4.41. The van der Waals surface area contributed by atoms with Crippen molar-refractivity contribution >= 4 is 21.7 Å². The lowest BCUT2D eigenvalue weighted by Gasteiger charge is -2.21. The van der Waals surface area contributed by atoms with Gasteiger partial charge in [0.05, 0.1) is 7.11 Å². The zero-order valence-corrected chi connectivity index (χ0v) is 12.5. The van der Waals surface area contributed by atoms with Crippen molar-refractivity contribution in [2.75, 3.05) is 25.1 Å². The van der Waals surface area contributed by atoms with Gasteiger partial charge < -0.3 is 10.5 Å². The van der Waals surface area contributed by atoms with E-state index in [2.05, 4.69) is 4.74 Å². The molecule has 0 amide bonds. The molecule has 0 aliphatic carbocycles. The molecule has 0 bridgehead atoms. The Morgan fingerprint density at radius 3 is 2.40 bits per heavy atom. The van der Waals surface area contributed by atoms with Gasteiger partial charge in [0.25, 0.3) is 0 Å². The number of esters is 1. The first-order valence-electron chi connectivity index (χ1n) is 6.28. The van der Waals surface area contributed by atoms with Gasteiger partial charge in [-0.1, -0.05) is 19.1 Å². The van der Waals surface area contributed by atoms with Gasteiger partial charge in [-0.15, -0.1) is 0 Å². The third-order valence-electron chi connectivity index (χ3n) is 2.73. The first kappa shape index (κ1) is 16.5. The van der Waals surface area contributed by atoms with E-state index in [4.69, 9.17) is 5.73 Å². The molecular weight excluding hydrogens is 280 g/mol. The van der Waals surface area contributed by atoms with Crippen molar-refractivity contribution in [3.8, 4) is 0 Å². The fraction of sp³-hybridized carbons (Fsp3) is 0.462. The predicted octanol–water partition coefficient (Wildman–Crippen LogP) is 0.984. The van der Waals surface area contributed by atoms with Crippen LogP contribution in [0.5, 0.6) is 0 Å². The van der Waals surface area contributed by atoms with E-state index in [1.807, 2.05) is 6.92 Å². The number of nitrogens with zero attached hydrogens (tertiary/aromatic N) is 1. The second kappa shape index (κ2) is 7.25. The number of hydrogen-bond donors (Lipinski definition) is 1. The van der Waals surface area contributed by atoms with Crippen molar-refractivity contribution in [1.29, 1.82) is 0 Å². The molecule has 0 aliphatic heterocycles. The average molecular weight is 300 g/mol. The summed E-state index contributed by atoms with van der Waals surface area (Å²) in [6, 6.07) is 6.97. The van der Waals surface area contributed by atoms with Gasteiger partial charge in [0, 0.05) is 18.8 Å². The number of rotatable bonds is 7. The van der Waals surface area contributed by atoms with Crippen LogP contribution in [-0.2, 0) is 26.1 Å².